The van der Waals surface area contributed by atoms with Gasteiger partial charge >= 0.3 is 5.69 Å². The number of nitrogens with one attached hydrogen (secondary N) is 3. The van der Waals surface area contributed by atoms with Crippen molar-refractivity contribution < 1.29 is 4.79 Å². The maximum atomic E-state index is 11.9. The highest BCUT2D eigenvalue weighted by Gasteiger charge is 2.08. The average Bonchev–Trinajstić information content (AvgIpc) is 3.17. The third kappa shape index (κ3) is 3.64. The molecule has 23 heavy (non-hydrogen) atoms. The van der Waals surface area contributed by atoms with E-state index in [1.54, 1.807) is 16.0 Å². The summed E-state index contributed by atoms with van der Waals surface area (Å²) in [5, 5.41) is 11.0. The lowest BCUT2D eigenvalue weighted by atomic mass is 10.2. The quantitative estimate of drug-likeness (QED) is 0.629. The normalized spacial score (nSPS) is 10.6. The van der Waals surface area contributed by atoms with E-state index in [-0.39, 0.29) is 5.69 Å². The Morgan fingerprint density at radius 2 is 2.17 bits per heavy atom. The zero-order chi connectivity index (χ0) is 16.2. The Labute approximate surface area is 133 Å². The Kier molecular flexibility index (Phi) is 4.20. The molecule has 0 aliphatic rings. The molecule has 8 nitrogen and oxygen atoms in total. The maximum absolute atomic E-state index is 11.9. The van der Waals surface area contributed by atoms with E-state index in [1.165, 1.54) is 0 Å². The van der Waals surface area contributed by atoms with Crippen molar-refractivity contribution in [3.63, 3.8) is 0 Å². The molecule has 3 rings (SSSR count). The van der Waals surface area contributed by atoms with Gasteiger partial charge in [0, 0.05) is 29.8 Å². The van der Waals surface area contributed by atoms with Gasteiger partial charge < -0.3 is 10.3 Å². The molecule has 3 aromatic heterocycles. The number of hydrogen-bond donors (Lipinski definition) is 3. The molecule has 0 aromatic carbocycles. The predicted molar refractivity (Wildman–Crippen MR) is 85.6 cm³/mol. The Morgan fingerprint density at radius 3 is 2.91 bits per heavy atom. The van der Waals surface area contributed by atoms with Crippen LogP contribution < -0.4 is 16.6 Å². The zero-order valence-corrected chi connectivity index (χ0v) is 12.7. The van der Waals surface area contributed by atoms with Gasteiger partial charge in [-0.1, -0.05) is 0 Å². The maximum Gasteiger partial charge on any atom is 0.326 e. The van der Waals surface area contributed by atoms with E-state index in [0.29, 0.717) is 13.1 Å². The number of carbonyl (C=O) groups is 1. The molecule has 0 spiro atoms. The van der Waals surface area contributed by atoms with Crippen LogP contribution in [0.1, 0.15) is 10.5 Å². The van der Waals surface area contributed by atoms with Gasteiger partial charge in [-0.05, 0) is 17.5 Å². The Morgan fingerprint density at radius 1 is 1.30 bits per heavy atom. The van der Waals surface area contributed by atoms with Crippen molar-refractivity contribution in [2.75, 3.05) is 6.54 Å². The number of nitrogens with zero attached hydrogens (tertiary/aromatic N) is 2. The van der Waals surface area contributed by atoms with E-state index in [4.69, 9.17) is 0 Å². The molecule has 0 fully saturated rings. The van der Waals surface area contributed by atoms with E-state index >= 15 is 0 Å². The third-order valence-electron chi connectivity index (χ3n) is 3.09. The lowest BCUT2D eigenvalue weighted by Crippen LogP contribution is -2.32. The topological polar surface area (TPSA) is 113 Å². The molecule has 0 aliphatic carbocycles. The SMILES string of the molecule is O=C(NCCn1ccc(-c2ccsc2)n1)c1cc(=O)[nH]c(=O)[nH]1. The monoisotopic (exact) mass is 331 g/mol. The molecule has 3 heterocycles. The molecule has 9 heteroatoms. The fourth-order valence-electron chi connectivity index (χ4n) is 2.02. The fourth-order valence-corrected chi connectivity index (χ4v) is 2.67. The van der Waals surface area contributed by atoms with Crippen LogP contribution in [0.2, 0.25) is 0 Å². The van der Waals surface area contributed by atoms with E-state index in [1.807, 2.05) is 34.1 Å². The van der Waals surface area contributed by atoms with Crippen LogP contribution in [0.15, 0.2) is 44.7 Å². The third-order valence-corrected chi connectivity index (χ3v) is 3.77. The van der Waals surface area contributed by atoms with Crippen LogP contribution in [0.4, 0.5) is 0 Å². The molecular formula is C14H13N5O3S. The van der Waals surface area contributed by atoms with Crippen LogP contribution in [-0.4, -0.2) is 32.2 Å². The Hall–Kier alpha value is -2.94. The number of thiophene rings is 1. The van der Waals surface area contributed by atoms with Crippen LogP contribution in [-0.2, 0) is 6.54 Å². The van der Waals surface area contributed by atoms with Crippen LogP contribution >= 0.6 is 11.3 Å². The first-order valence-corrected chi connectivity index (χ1v) is 7.74. The molecular weight excluding hydrogens is 318 g/mol. The highest BCUT2D eigenvalue weighted by Crippen LogP contribution is 2.19. The first-order chi connectivity index (χ1) is 11.1. The number of carbonyl (C=O) groups excluding carboxylic acids is 1. The zero-order valence-electron chi connectivity index (χ0n) is 11.9. The van der Waals surface area contributed by atoms with Gasteiger partial charge in [-0.15, -0.1) is 0 Å². The summed E-state index contributed by atoms with van der Waals surface area (Å²) in [6, 6.07) is 4.93. The fraction of sp³-hybridized carbons (Fsp3) is 0.143. The molecule has 0 atom stereocenters. The Bertz CT molecular complexity index is 894. The van der Waals surface area contributed by atoms with Crippen molar-refractivity contribution in [2.45, 2.75) is 6.54 Å². The standard InChI is InChI=1S/C14H13N5O3S/c20-12-7-11(16-14(22)17-12)13(21)15-3-5-19-4-1-10(18-19)9-2-6-23-8-9/h1-2,4,6-8H,3,5H2,(H,15,21)(H2,16,17,20,22). The van der Waals surface area contributed by atoms with E-state index < -0.39 is 17.2 Å². The molecule has 0 saturated carbocycles. The summed E-state index contributed by atoms with van der Waals surface area (Å²) in [5.74, 6) is -0.515. The molecule has 0 saturated heterocycles. The number of aromatic amines is 2. The van der Waals surface area contributed by atoms with Gasteiger partial charge in [0.1, 0.15) is 5.69 Å². The minimum absolute atomic E-state index is 0.0711. The first kappa shape index (κ1) is 15.0. The molecule has 3 aromatic rings. The van der Waals surface area contributed by atoms with Gasteiger partial charge in [0.25, 0.3) is 11.5 Å². The largest absolute Gasteiger partial charge is 0.349 e. The summed E-state index contributed by atoms with van der Waals surface area (Å²) in [7, 11) is 0. The molecule has 0 unspecified atom stereocenters. The van der Waals surface area contributed by atoms with Crippen molar-refractivity contribution in [2.24, 2.45) is 0 Å². The average molecular weight is 331 g/mol. The van der Waals surface area contributed by atoms with Crippen LogP contribution in [0, 0.1) is 0 Å². The van der Waals surface area contributed by atoms with E-state index in [2.05, 4.69) is 15.4 Å². The van der Waals surface area contributed by atoms with Gasteiger partial charge in [-0.25, -0.2) is 4.79 Å². The van der Waals surface area contributed by atoms with Gasteiger partial charge in [-0.2, -0.15) is 16.4 Å². The molecule has 0 aliphatic heterocycles. The summed E-state index contributed by atoms with van der Waals surface area (Å²) in [5.41, 5.74) is 0.523. The Balaban J connectivity index is 1.58. The first-order valence-electron chi connectivity index (χ1n) is 6.80. The van der Waals surface area contributed by atoms with Crippen molar-refractivity contribution >= 4 is 17.2 Å². The number of hydrogen-bond acceptors (Lipinski definition) is 5. The minimum Gasteiger partial charge on any atom is -0.349 e. The second-order valence-electron chi connectivity index (χ2n) is 4.73. The van der Waals surface area contributed by atoms with Crippen molar-refractivity contribution in [3.05, 3.63) is 61.7 Å². The van der Waals surface area contributed by atoms with Gasteiger partial charge in [-0.3, -0.25) is 19.3 Å². The summed E-state index contributed by atoms with van der Waals surface area (Å²) in [4.78, 5) is 38.4. The van der Waals surface area contributed by atoms with E-state index in [0.717, 1.165) is 17.3 Å². The van der Waals surface area contributed by atoms with Gasteiger partial charge in [0.05, 0.1) is 12.2 Å². The lowest BCUT2D eigenvalue weighted by Gasteiger charge is -2.05. The summed E-state index contributed by atoms with van der Waals surface area (Å²) in [6.45, 7) is 0.793. The second kappa shape index (κ2) is 6.44. The van der Waals surface area contributed by atoms with Crippen molar-refractivity contribution in [1.82, 2.24) is 25.1 Å². The molecule has 3 N–H and O–H groups in total. The summed E-state index contributed by atoms with van der Waals surface area (Å²) < 4.78 is 1.72. The molecule has 1 amide bonds. The molecule has 0 radical (unpaired) electrons. The van der Waals surface area contributed by atoms with Gasteiger partial charge in [0.15, 0.2) is 0 Å². The molecule has 118 valence electrons. The van der Waals surface area contributed by atoms with Crippen molar-refractivity contribution in [3.8, 4) is 11.3 Å². The van der Waals surface area contributed by atoms with Crippen LogP contribution in [0.5, 0.6) is 0 Å². The smallest absolute Gasteiger partial charge is 0.326 e. The highest BCUT2D eigenvalue weighted by atomic mass is 32.1. The van der Waals surface area contributed by atoms with Crippen molar-refractivity contribution in [1.29, 1.82) is 0 Å². The molecule has 0 bridgehead atoms. The number of H-pyrrole nitrogens is 2. The second-order valence-corrected chi connectivity index (χ2v) is 5.51. The number of aromatic nitrogens is 4. The number of amides is 1. The lowest BCUT2D eigenvalue weighted by molar-refractivity contribution is 0.0946. The van der Waals surface area contributed by atoms with Crippen LogP contribution in [0.25, 0.3) is 11.3 Å². The summed E-state index contributed by atoms with van der Waals surface area (Å²) in [6.07, 6.45) is 1.83. The predicted octanol–water partition coefficient (Wildman–Crippen LogP) is 0.418. The van der Waals surface area contributed by atoms with Crippen LogP contribution in [0.3, 0.4) is 0 Å². The summed E-state index contributed by atoms with van der Waals surface area (Å²) >= 11 is 1.60. The highest BCUT2D eigenvalue weighted by molar-refractivity contribution is 7.08. The van der Waals surface area contributed by atoms with E-state index in [9.17, 15) is 14.4 Å². The van der Waals surface area contributed by atoms with Gasteiger partial charge in [0.2, 0.25) is 0 Å². The number of rotatable bonds is 5. The minimum atomic E-state index is -0.713.